The number of anilines is 4. The second-order valence-corrected chi connectivity index (χ2v) is 6.78. The van der Waals surface area contributed by atoms with Gasteiger partial charge in [0.2, 0.25) is 5.95 Å². The average Bonchev–Trinajstić information content (AvgIpc) is 2.70. The van der Waals surface area contributed by atoms with Crippen LogP contribution in [0, 0.1) is 6.92 Å². The highest BCUT2D eigenvalue weighted by Crippen LogP contribution is 2.32. The standard InChI is InChI=1S/C22H26N4O2/c1-14(2)17-8-6-7-15(3)21(17)26-22-23-12-11-20(25-22)24-18-10-9-16(27-4)13-19(18)28-5/h6-14H,1-5H3,(H2,23,24,25,26). The second-order valence-electron chi connectivity index (χ2n) is 6.78. The summed E-state index contributed by atoms with van der Waals surface area (Å²) in [4.78, 5) is 8.98. The molecular formula is C22H26N4O2. The molecule has 0 unspecified atom stereocenters. The minimum Gasteiger partial charge on any atom is -0.497 e. The van der Waals surface area contributed by atoms with Crippen LogP contribution < -0.4 is 20.1 Å². The van der Waals surface area contributed by atoms with Gasteiger partial charge in [0.15, 0.2) is 0 Å². The number of methoxy groups -OCH3 is 2. The molecule has 2 N–H and O–H groups in total. The van der Waals surface area contributed by atoms with E-state index in [0.29, 0.717) is 23.4 Å². The molecule has 2 aromatic carbocycles. The van der Waals surface area contributed by atoms with E-state index in [1.807, 2.05) is 24.3 Å². The van der Waals surface area contributed by atoms with Crippen molar-refractivity contribution in [1.29, 1.82) is 0 Å². The average molecular weight is 378 g/mol. The van der Waals surface area contributed by atoms with Crippen LogP contribution in [0.15, 0.2) is 48.7 Å². The summed E-state index contributed by atoms with van der Waals surface area (Å²) in [6.07, 6.45) is 1.72. The minimum absolute atomic E-state index is 0.396. The lowest BCUT2D eigenvalue weighted by Gasteiger charge is -2.17. The van der Waals surface area contributed by atoms with Crippen LogP contribution in [-0.4, -0.2) is 24.2 Å². The Balaban J connectivity index is 1.86. The summed E-state index contributed by atoms with van der Waals surface area (Å²) in [6.45, 7) is 6.43. The summed E-state index contributed by atoms with van der Waals surface area (Å²) in [5.41, 5.74) is 4.24. The lowest BCUT2D eigenvalue weighted by molar-refractivity contribution is 0.395. The zero-order valence-corrected chi connectivity index (χ0v) is 16.9. The van der Waals surface area contributed by atoms with Gasteiger partial charge < -0.3 is 20.1 Å². The second kappa shape index (κ2) is 8.61. The van der Waals surface area contributed by atoms with Crippen molar-refractivity contribution < 1.29 is 9.47 Å². The first-order valence-electron chi connectivity index (χ1n) is 9.20. The number of benzene rings is 2. The molecule has 146 valence electrons. The Morgan fingerprint density at radius 1 is 0.964 bits per heavy atom. The number of nitrogens with one attached hydrogen (secondary N) is 2. The van der Waals surface area contributed by atoms with Crippen molar-refractivity contribution in [2.24, 2.45) is 0 Å². The maximum Gasteiger partial charge on any atom is 0.229 e. The summed E-state index contributed by atoms with van der Waals surface area (Å²) >= 11 is 0. The summed E-state index contributed by atoms with van der Waals surface area (Å²) in [6, 6.07) is 13.7. The topological polar surface area (TPSA) is 68.3 Å². The SMILES string of the molecule is COc1ccc(Nc2ccnc(Nc3c(C)cccc3C(C)C)n2)c(OC)c1. The Hall–Kier alpha value is -3.28. The Kier molecular flexibility index (Phi) is 5.99. The predicted octanol–water partition coefficient (Wildman–Crippen LogP) is 5.41. The van der Waals surface area contributed by atoms with Crippen LogP contribution in [0.4, 0.5) is 23.1 Å². The minimum atomic E-state index is 0.396. The fourth-order valence-corrected chi connectivity index (χ4v) is 2.98. The maximum absolute atomic E-state index is 5.44. The lowest BCUT2D eigenvalue weighted by Crippen LogP contribution is -2.05. The summed E-state index contributed by atoms with van der Waals surface area (Å²) in [7, 11) is 3.25. The first-order chi connectivity index (χ1) is 13.5. The van der Waals surface area contributed by atoms with Crippen LogP contribution in [0.1, 0.15) is 30.9 Å². The number of aromatic nitrogens is 2. The van der Waals surface area contributed by atoms with E-state index in [0.717, 1.165) is 22.7 Å². The van der Waals surface area contributed by atoms with Crippen LogP contribution in [0.2, 0.25) is 0 Å². The molecule has 0 fully saturated rings. The molecule has 3 rings (SSSR count). The van der Waals surface area contributed by atoms with E-state index >= 15 is 0 Å². The molecule has 6 nitrogen and oxygen atoms in total. The quantitative estimate of drug-likeness (QED) is 0.573. The molecule has 6 heteroatoms. The predicted molar refractivity (Wildman–Crippen MR) is 113 cm³/mol. The Bertz CT molecular complexity index is 957. The fraction of sp³-hybridized carbons (Fsp3) is 0.273. The van der Waals surface area contributed by atoms with E-state index in [9.17, 15) is 0 Å². The van der Waals surface area contributed by atoms with Gasteiger partial charge in [-0.1, -0.05) is 32.0 Å². The molecule has 0 aliphatic carbocycles. The lowest BCUT2D eigenvalue weighted by atomic mass is 9.98. The molecule has 0 saturated heterocycles. The highest BCUT2D eigenvalue weighted by atomic mass is 16.5. The van der Waals surface area contributed by atoms with Crippen LogP contribution in [0.25, 0.3) is 0 Å². The molecular weight excluding hydrogens is 352 g/mol. The largest absolute Gasteiger partial charge is 0.497 e. The molecule has 1 aromatic heterocycles. The van der Waals surface area contributed by atoms with Gasteiger partial charge >= 0.3 is 0 Å². The molecule has 0 saturated carbocycles. The number of nitrogens with zero attached hydrogens (tertiary/aromatic N) is 2. The third-order valence-electron chi connectivity index (χ3n) is 4.49. The molecule has 0 radical (unpaired) electrons. The Labute approximate surface area is 166 Å². The molecule has 0 amide bonds. The third kappa shape index (κ3) is 4.34. The van der Waals surface area contributed by atoms with Crippen molar-refractivity contribution in [3.05, 3.63) is 59.8 Å². The molecule has 0 aliphatic rings. The van der Waals surface area contributed by atoms with Gasteiger partial charge in [0.1, 0.15) is 17.3 Å². The molecule has 3 aromatic rings. The zero-order chi connectivity index (χ0) is 20.1. The number of para-hydroxylation sites is 1. The summed E-state index contributed by atoms with van der Waals surface area (Å²) in [5.74, 6) is 3.00. The molecule has 0 bridgehead atoms. The van der Waals surface area contributed by atoms with Crippen molar-refractivity contribution in [2.75, 3.05) is 24.9 Å². The molecule has 0 atom stereocenters. The van der Waals surface area contributed by atoms with E-state index in [4.69, 9.17) is 9.47 Å². The highest BCUT2D eigenvalue weighted by molar-refractivity contribution is 5.68. The van der Waals surface area contributed by atoms with E-state index < -0.39 is 0 Å². The van der Waals surface area contributed by atoms with E-state index in [1.165, 1.54) is 5.56 Å². The van der Waals surface area contributed by atoms with Gasteiger partial charge in [-0.25, -0.2) is 4.98 Å². The highest BCUT2D eigenvalue weighted by Gasteiger charge is 2.11. The normalized spacial score (nSPS) is 10.6. The van der Waals surface area contributed by atoms with Crippen molar-refractivity contribution >= 4 is 23.1 Å². The van der Waals surface area contributed by atoms with E-state index in [-0.39, 0.29) is 0 Å². The number of rotatable bonds is 7. The Morgan fingerprint density at radius 3 is 2.50 bits per heavy atom. The first-order valence-corrected chi connectivity index (χ1v) is 9.20. The van der Waals surface area contributed by atoms with Gasteiger partial charge in [-0.2, -0.15) is 4.98 Å². The van der Waals surface area contributed by atoms with Crippen molar-refractivity contribution in [2.45, 2.75) is 26.7 Å². The van der Waals surface area contributed by atoms with Gasteiger partial charge in [0.05, 0.1) is 19.9 Å². The van der Waals surface area contributed by atoms with Gasteiger partial charge in [-0.3, -0.25) is 0 Å². The van der Waals surface area contributed by atoms with Gasteiger partial charge in [-0.05, 0) is 42.2 Å². The summed E-state index contributed by atoms with van der Waals surface area (Å²) in [5, 5.41) is 6.66. The molecule has 0 spiro atoms. The van der Waals surface area contributed by atoms with E-state index in [2.05, 4.69) is 59.6 Å². The van der Waals surface area contributed by atoms with Gasteiger partial charge in [0.25, 0.3) is 0 Å². The number of ether oxygens (including phenoxy) is 2. The number of hydrogen-bond donors (Lipinski definition) is 2. The van der Waals surface area contributed by atoms with Crippen molar-refractivity contribution in [1.82, 2.24) is 9.97 Å². The maximum atomic E-state index is 5.44. The summed E-state index contributed by atoms with van der Waals surface area (Å²) < 4.78 is 10.7. The Morgan fingerprint density at radius 2 is 1.79 bits per heavy atom. The van der Waals surface area contributed by atoms with Gasteiger partial charge in [-0.15, -0.1) is 0 Å². The van der Waals surface area contributed by atoms with Gasteiger partial charge in [0, 0.05) is 18.0 Å². The van der Waals surface area contributed by atoms with Crippen molar-refractivity contribution in [3.63, 3.8) is 0 Å². The smallest absolute Gasteiger partial charge is 0.229 e. The van der Waals surface area contributed by atoms with E-state index in [1.54, 1.807) is 20.4 Å². The van der Waals surface area contributed by atoms with Crippen molar-refractivity contribution in [3.8, 4) is 11.5 Å². The molecule has 28 heavy (non-hydrogen) atoms. The monoisotopic (exact) mass is 378 g/mol. The van der Waals surface area contributed by atoms with Crippen LogP contribution in [0.3, 0.4) is 0 Å². The number of hydrogen-bond acceptors (Lipinski definition) is 6. The van der Waals surface area contributed by atoms with Crippen LogP contribution >= 0.6 is 0 Å². The zero-order valence-electron chi connectivity index (χ0n) is 16.9. The third-order valence-corrected chi connectivity index (χ3v) is 4.49. The number of aryl methyl sites for hydroxylation is 1. The molecule has 1 heterocycles. The first kappa shape index (κ1) is 19.5. The van der Waals surface area contributed by atoms with Crippen LogP contribution in [0.5, 0.6) is 11.5 Å². The van der Waals surface area contributed by atoms with Crippen LogP contribution in [-0.2, 0) is 0 Å². The fourth-order valence-electron chi connectivity index (χ4n) is 2.98. The molecule has 0 aliphatic heterocycles.